The van der Waals surface area contributed by atoms with Crippen molar-refractivity contribution in [3.63, 3.8) is 0 Å². The lowest BCUT2D eigenvalue weighted by Gasteiger charge is -2.03. The SMILES string of the molecule is ClCCc1ccc(Nc2nc(C3CC3)ns2)cc1. The third kappa shape index (κ3) is 2.82. The van der Waals surface area contributed by atoms with Gasteiger partial charge in [0.05, 0.1) is 0 Å². The Hall–Kier alpha value is -1.13. The third-order valence-corrected chi connectivity index (χ3v) is 3.81. The lowest BCUT2D eigenvalue weighted by atomic mass is 10.1. The maximum Gasteiger partial charge on any atom is 0.207 e. The second-order valence-corrected chi connectivity index (χ2v) is 5.62. The van der Waals surface area contributed by atoms with Gasteiger partial charge in [-0.2, -0.15) is 4.37 Å². The topological polar surface area (TPSA) is 37.8 Å². The van der Waals surface area contributed by atoms with E-state index in [2.05, 4.69) is 38.9 Å². The van der Waals surface area contributed by atoms with Crippen LogP contribution >= 0.6 is 23.1 Å². The standard InChI is InChI=1S/C13H14ClN3S/c14-8-7-9-1-5-11(6-2-9)15-13-16-12(17-18-13)10-3-4-10/h1-2,5-6,10H,3-4,7-8H2,(H,15,16,17). The fourth-order valence-corrected chi connectivity index (χ4v) is 2.67. The summed E-state index contributed by atoms with van der Waals surface area (Å²) >= 11 is 7.15. The molecular weight excluding hydrogens is 266 g/mol. The second kappa shape index (κ2) is 5.24. The van der Waals surface area contributed by atoms with E-state index >= 15 is 0 Å². The van der Waals surface area contributed by atoms with Gasteiger partial charge in [0.2, 0.25) is 5.13 Å². The number of aryl methyl sites for hydroxylation is 1. The van der Waals surface area contributed by atoms with Crippen molar-refractivity contribution >= 4 is 34.0 Å². The highest BCUT2D eigenvalue weighted by Gasteiger charge is 2.27. The Morgan fingerprint density at radius 1 is 1.28 bits per heavy atom. The molecule has 1 aliphatic rings. The molecule has 2 aromatic rings. The molecule has 0 saturated heterocycles. The van der Waals surface area contributed by atoms with E-state index in [9.17, 15) is 0 Å². The number of aromatic nitrogens is 2. The number of nitrogens with zero attached hydrogens (tertiary/aromatic N) is 2. The Bertz CT molecular complexity index is 519. The van der Waals surface area contributed by atoms with Crippen molar-refractivity contribution in [3.8, 4) is 0 Å². The molecule has 0 atom stereocenters. The van der Waals surface area contributed by atoms with Gasteiger partial charge in [-0.15, -0.1) is 11.6 Å². The molecule has 0 aliphatic heterocycles. The molecule has 0 amide bonds. The van der Waals surface area contributed by atoms with Gasteiger partial charge >= 0.3 is 0 Å². The zero-order chi connectivity index (χ0) is 12.4. The van der Waals surface area contributed by atoms with Gasteiger partial charge in [-0.3, -0.25) is 0 Å². The van der Waals surface area contributed by atoms with Gasteiger partial charge in [0.1, 0.15) is 5.82 Å². The molecule has 1 fully saturated rings. The van der Waals surface area contributed by atoms with Crippen molar-refractivity contribution in [2.45, 2.75) is 25.2 Å². The van der Waals surface area contributed by atoms with Gasteiger partial charge in [-0.05, 0) is 37.0 Å². The number of alkyl halides is 1. The molecule has 1 saturated carbocycles. The van der Waals surface area contributed by atoms with E-state index in [1.165, 1.54) is 29.9 Å². The predicted molar refractivity (Wildman–Crippen MR) is 76.0 cm³/mol. The molecule has 94 valence electrons. The summed E-state index contributed by atoms with van der Waals surface area (Å²) in [7, 11) is 0. The Morgan fingerprint density at radius 2 is 2.06 bits per heavy atom. The molecule has 5 heteroatoms. The summed E-state index contributed by atoms with van der Waals surface area (Å²) in [6.07, 6.45) is 3.39. The smallest absolute Gasteiger partial charge is 0.207 e. The molecule has 1 aromatic carbocycles. The van der Waals surface area contributed by atoms with Crippen LogP contribution in [0.2, 0.25) is 0 Å². The minimum Gasteiger partial charge on any atom is -0.330 e. The highest BCUT2D eigenvalue weighted by Crippen LogP contribution is 2.39. The van der Waals surface area contributed by atoms with E-state index < -0.39 is 0 Å². The summed E-state index contributed by atoms with van der Waals surface area (Å²) in [5, 5.41) is 4.17. The van der Waals surface area contributed by atoms with E-state index in [0.717, 1.165) is 23.1 Å². The van der Waals surface area contributed by atoms with Crippen LogP contribution in [0.1, 0.15) is 30.1 Å². The molecule has 1 N–H and O–H groups in total. The Kier molecular flexibility index (Phi) is 3.48. The second-order valence-electron chi connectivity index (χ2n) is 4.49. The molecule has 3 nitrogen and oxygen atoms in total. The summed E-state index contributed by atoms with van der Waals surface area (Å²) in [5.41, 5.74) is 2.30. The molecule has 18 heavy (non-hydrogen) atoms. The van der Waals surface area contributed by atoms with Crippen molar-refractivity contribution < 1.29 is 0 Å². The number of hydrogen-bond donors (Lipinski definition) is 1. The van der Waals surface area contributed by atoms with E-state index in [-0.39, 0.29) is 0 Å². The van der Waals surface area contributed by atoms with Crippen molar-refractivity contribution in [2.75, 3.05) is 11.2 Å². The predicted octanol–water partition coefficient (Wildman–Crippen LogP) is 3.94. The maximum absolute atomic E-state index is 5.71. The molecule has 0 radical (unpaired) electrons. The van der Waals surface area contributed by atoms with Gasteiger partial charge in [-0.25, -0.2) is 4.98 Å². The highest BCUT2D eigenvalue weighted by molar-refractivity contribution is 7.09. The Balaban J connectivity index is 1.66. The Labute approximate surface area is 115 Å². The molecule has 3 rings (SSSR count). The first-order valence-corrected chi connectivity index (χ1v) is 7.41. The van der Waals surface area contributed by atoms with Crippen molar-refractivity contribution in [1.29, 1.82) is 0 Å². The first kappa shape index (κ1) is 11.9. The normalized spacial score (nSPS) is 14.7. The van der Waals surface area contributed by atoms with Crippen LogP contribution in [0, 0.1) is 0 Å². The van der Waals surface area contributed by atoms with Crippen LogP contribution in [0.3, 0.4) is 0 Å². The summed E-state index contributed by atoms with van der Waals surface area (Å²) in [5.74, 6) is 2.28. The largest absolute Gasteiger partial charge is 0.330 e. The summed E-state index contributed by atoms with van der Waals surface area (Å²) < 4.78 is 4.37. The molecule has 0 unspecified atom stereocenters. The van der Waals surface area contributed by atoms with E-state index in [1.807, 2.05) is 0 Å². The monoisotopic (exact) mass is 279 g/mol. The number of benzene rings is 1. The first-order chi connectivity index (χ1) is 8.85. The first-order valence-electron chi connectivity index (χ1n) is 6.10. The summed E-state index contributed by atoms with van der Waals surface area (Å²) in [6.45, 7) is 0. The lowest BCUT2D eigenvalue weighted by molar-refractivity contribution is 0.987. The Morgan fingerprint density at radius 3 is 2.72 bits per heavy atom. The average molecular weight is 280 g/mol. The number of hydrogen-bond acceptors (Lipinski definition) is 4. The van der Waals surface area contributed by atoms with E-state index in [1.54, 1.807) is 0 Å². The van der Waals surface area contributed by atoms with Crippen LogP contribution in [-0.4, -0.2) is 15.2 Å². The summed E-state index contributed by atoms with van der Waals surface area (Å²) in [6, 6.07) is 8.29. The van der Waals surface area contributed by atoms with Crippen molar-refractivity contribution in [1.82, 2.24) is 9.36 Å². The minimum atomic E-state index is 0.614. The van der Waals surface area contributed by atoms with E-state index in [0.29, 0.717) is 11.8 Å². The quantitative estimate of drug-likeness (QED) is 0.843. The molecule has 0 spiro atoms. The number of nitrogens with one attached hydrogen (secondary N) is 1. The third-order valence-electron chi connectivity index (χ3n) is 2.97. The molecule has 0 bridgehead atoms. The van der Waals surface area contributed by atoms with Crippen LogP contribution in [0.15, 0.2) is 24.3 Å². The van der Waals surface area contributed by atoms with Crippen LogP contribution in [0.4, 0.5) is 10.8 Å². The molecular formula is C13H14ClN3S. The summed E-state index contributed by atoms with van der Waals surface area (Å²) in [4.78, 5) is 4.50. The van der Waals surface area contributed by atoms with Crippen molar-refractivity contribution in [3.05, 3.63) is 35.7 Å². The molecule has 1 heterocycles. The zero-order valence-corrected chi connectivity index (χ0v) is 11.5. The van der Waals surface area contributed by atoms with Crippen LogP contribution in [-0.2, 0) is 6.42 Å². The average Bonchev–Trinajstić information content (AvgIpc) is 3.13. The highest BCUT2D eigenvalue weighted by atomic mass is 35.5. The van der Waals surface area contributed by atoms with Crippen molar-refractivity contribution in [2.24, 2.45) is 0 Å². The van der Waals surface area contributed by atoms with Gasteiger partial charge in [0.25, 0.3) is 0 Å². The number of halogens is 1. The zero-order valence-electron chi connectivity index (χ0n) is 9.90. The fraction of sp³-hybridized carbons (Fsp3) is 0.385. The van der Waals surface area contributed by atoms with Gasteiger partial charge < -0.3 is 5.32 Å². The number of anilines is 2. The van der Waals surface area contributed by atoms with E-state index in [4.69, 9.17) is 11.6 Å². The van der Waals surface area contributed by atoms with Gasteiger partial charge in [0.15, 0.2) is 0 Å². The number of rotatable bonds is 5. The minimum absolute atomic E-state index is 0.614. The maximum atomic E-state index is 5.71. The van der Waals surface area contributed by atoms with Gasteiger partial charge in [0, 0.05) is 29.0 Å². The molecule has 1 aromatic heterocycles. The lowest BCUT2D eigenvalue weighted by Crippen LogP contribution is -1.91. The fourth-order valence-electron chi connectivity index (χ4n) is 1.78. The van der Waals surface area contributed by atoms with Crippen LogP contribution in [0.25, 0.3) is 0 Å². The van der Waals surface area contributed by atoms with Crippen LogP contribution < -0.4 is 5.32 Å². The van der Waals surface area contributed by atoms with Gasteiger partial charge in [-0.1, -0.05) is 12.1 Å². The molecule has 1 aliphatic carbocycles. The van der Waals surface area contributed by atoms with Crippen LogP contribution in [0.5, 0.6) is 0 Å².